The summed E-state index contributed by atoms with van der Waals surface area (Å²) in [6.45, 7) is 0. The number of fused-ring (bicyclic) bond motifs is 1. The summed E-state index contributed by atoms with van der Waals surface area (Å²) in [6.07, 6.45) is 5.08. The number of aliphatic hydroxyl groups is 1. The molecule has 2 aliphatic carbocycles. The number of aliphatic hydroxyl groups excluding tert-OH is 1. The molecule has 3 rings (SSSR count). The van der Waals surface area contributed by atoms with Crippen LogP contribution in [-0.4, -0.2) is 5.11 Å². The van der Waals surface area contributed by atoms with Crippen molar-refractivity contribution in [1.29, 1.82) is 0 Å². The molecule has 2 aliphatic rings. The lowest BCUT2D eigenvalue weighted by molar-refractivity contribution is 0.0825. The van der Waals surface area contributed by atoms with E-state index in [9.17, 15) is 5.11 Å². The van der Waals surface area contributed by atoms with Gasteiger partial charge in [-0.3, -0.25) is 0 Å². The van der Waals surface area contributed by atoms with Crippen molar-refractivity contribution < 1.29 is 9.52 Å². The van der Waals surface area contributed by atoms with E-state index in [4.69, 9.17) is 4.42 Å². The average Bonchev–Trinajstić information content (AvgIpc) is 2.63. The van der Waals surface area contributed by atoms with E-state index >= 15 is 0 Å². The summed E-state index contributed by atoms with van der Waals surface area (Å²) in [5.41, 5.74) is 0. The SMILES string of the molecule is OC(c1ccco1)C1CC2CC2C1. The molecule has 2 saturated carbocycles. The van der Waals surface area contributed by atoms with Crippen LogP contribution in [0.3, 0.4) is 0 Å². The number of rotatable bonds is 2. The Kier molecular flexibility index (Phi) is 1.53. The normalized spacial score (nSPS) is 38.7. The molecule has 13 heavy (non-hydrogen) atoms. The molecule has 0 radical (unpaired) electrons. The van der Waals surface area contributed by atoms with Crippen molar-refractivity contribution in [1.82, 2.24) is 0 Å². The quantitative estimate of drug-likeness (QED) is 0.754. The van der Waals surface area contributed by atoms with Crippen LogP contribution >= 0.6 is 0 Å². The second-order valence-electron chi connectivity index (χ2n) is 4.45. The van der Waals surface area contributed by atoms with Gasteiger partial charge in [0.15, 0.2) is 0 Å². The lowest BCUT2D eigenvalue weighted by atomic mass is 9.95. The molecule has 70 valence electrons. The minimum Gasteiger partial charge on any atom is -0.467 e. The Bertz CT molecular complexity index is 281. The molecular weight excluding hydrogens is 164 g/mol. The van der Waals surface area contributed by atoms with Crippen LogP contribution in [0.25, 0.3) is 0 Å². The van der Waals surface area contributed by atoms with E-state index in [2.05, 4.69) is 0 Å². The fourth-order valence-corrected chi connectivity index (χ4v) is 2.71. The highest BCUT2D eigenvalue weighted by Crippen LogP contribution is 2.57. The molecule has 1 N–H and O–H groups in total. The summed E-state index contributed by atoms with van der Waals surface area (Å²) in [4.78, 5) is 0. The van der Waals surface area contributed by atoms with Gasteiger partial charge in [-0.2, -0.15) is 0 Å². The van der Waals surface area contributed by atoms with Crippen molar-refractivity contribution in [2.45, 2.75) is 25.4 Å². The molecule has 2 nitrogen and oxygen atoms in total. The largest absolute Gasteiger partial charge is 0.467 e. The van der Waals surface area contributed by atoms with Crippen LogP contribution in [-0.2, 0) is 0 Å². The first-order valence-corrected chi connectivity index (χ1v) is 5.06. The highest BCUT2D eigenvalue weighted by atomic mass is 16.4. The topological polar surface area (TPSA) is 33.4 Å². The summed E-state index contributed by atoms with van der Waals surface area (Å²) in [7, 11) is 0. The third-order valence-electron chi connectivity index (χ3n) is 3.56. The summed E-state index contributed by atoms with van der Waals surface area (Å²) >= 11 is 0. The molecule has 0 aromatic carbocycles. The molecule has 0 aliphatic heterocycles. The number of hydrogen-bond donors (Lipinski definition) is 1. The van der Waals surface area contributed by atoms with Gasteiger partial charge < -0.3 is 9.52 Å². The van der Waals surface area contributed by atoms with E-state index in [1.54, 1.807) is 6.26 Å². The van der Waals surface area contributed by atoms with E-state index in [0.717, 1.165) is 17.6 Å². The van der Waals surface area contributed by atoms with Crippen LogP contribution < -0.4 is 0 Å². The molecule has 1 aromatic rings. The molecule has 2 heteroatoms. The standard InChI is InChI=1S/C11H14O2/c12-11(10-2-1-3-13-10)9-5-7-4-8(7)6-9/h1-3,7-9,11-12H,4-6H2. The first-order valence-electron chi connectivity index (χ1n) is 5.06. The molecule has 3 atom stereocenters. The number of hydrogen-bond acceptors (Lipinski definition) is 2. The molecule has 1 aromatic heterocycles. The van der Waals surface area contributed by atoms with Gasteiger partial charge in [0.25, 0.3) is 0 Å². The van der Waals surface area contributed by atoms with Crippen LogP contribution in [0.5, 0.6) is 0 Å². The minimum absolute atomic E-state index is 0.359. The molecular formula is C11H14O2. The van der Waals surface area contributed by atoms with Crippen LogP contribution in [0.15, 0.2) is 22.8 Å². The zero-order valence-corrected chi connectivity index (χ0v) is 7.52. The van der Waals surface area contributed by atoms with Crippen LogP contribution in [0.4, 0.5) is 0 Å². The highest BCUT2D eigenvalue weighted by Gasteiger charge is 2.48. The Balaban J connectivity index is 1.72. The maximum atomic E-state index is 9.95. The van der Waals surface area contributed by atoms with Crippen molar-refractivity contribution in [3.05, 3.63) is 24.2 Å². The van der Waals surface area contributed by atoms with E-state index in [-0.39, 0.29) is 6.10 Å². The van der Waals surface area contributed by atoms with Gasteiger partial charge in [-0.25, -0.2) is 0 Å². The smallest absolute Gasteiger partial charge is 0.132 e. The van der Waals surface area contributed by atoms with E-state index in [0.29, 0.717) is 5.92 Å². The Hall–Kier alpha value is -0.760. The van der Waals surface area contributed by atoms with Gasteiger partial charge in [-0.05, 0) is 49.1 Å². The van der Waals surface area contributed by atoms with Crippen molar-refractivity contribution in [2.24, 2.45) is 17.8 Å². The molecule has 0 amide bonds. The van der Waals surface area contributed by atoms with Crippen molar-refractivity contribution in [2.75, 3.05) is 0 Å². The summed E-state index contributed by atoms with van der Waals surface area (Å²) in [6, 6.07) is 3.71. The van der Waals surface area contributed by atoms with Crippen molar-refractivity contribution in [3.63, 3.8) is 0 Å². The van der Waals surface area contributed by atoms with Crippen LogP contribution in [0.2, 0.25) is 0 Å². The maximum absolute atomic E-state index is 9.95. The fraction of sp³-hybridized carbons (Fsp3) is 0.636. The molecule has 0 bridgehead atoms. The zero-order valence-electron chi connectivity index (χ0n) is 7.52. The van der Waals surface area contributed by atoms with Crippen molar-refractivity contribution in [3.8, 4) is 0 Å². The third kappa shape index (κ3) is 1.20. The second kappa shape index (κ2) is 2.61. The summed E-state index contributed by atoms with van der Waals surface area (Å²) in [5.74, 6) is 3.05. The molecule has 3 unspecified atom stereocenters. The lowest BCUT2D eigenvalue weighted by Crippen LogP contribution is -2.09. The van der Waals surface area contributed by atoms with Gasteiger partial charge in [0, 0.05) is 0 Å². The molecule has 0 saturated heterocycles. The Morgan fingerprint density at radius 1 is 1.31 bits per heavy atom. The highest BCUT2D eigenvalue weighted by molar-refractivity contribution is 5.07. The Morgan fingerprint density at radius 3 is 2.69 bits per heavy atom. The first-order chi connectivity index (χ1) is 6.34. The van der Waals surface area contributed by atoms with Crippen LogP contribution in [0, 0.1) is 17.8 Å². The van der Waals surface area contributed by atoms with Crippen molar-refractivity contribution >= 4 is 0 Å². The second-order valence-corrected chi connectivity index (χ2v) is 4.45. The van der Waals surface area contributed by atoms with Gasteiger partial charge in [-0.15, -0.1) is 0 Å². The van der Waals surface area contributed by atoms with Gasteiger partial charge >= 0.3 is 0 Å². The average molecular weight is 178 g/mol. The minimum atomic E-state index is -0.359. The molecule has 0 spiro atoms. The predicted octanol–water partition coefficient (Wildman–Crippen LogP) is 2.36. The lowest BCUT2D eigenvalue weighted by Gasteiger charge is -2.16. The molecule has 2 fully saturated rings. The predicted molar refractivity (Wildman–Crippen MR) is 48.0 cm³/mol. The van der Waals surface area contributed by atoms with E-state index in [1.165, 1.54) is 19.3 Å². The van der Waals surface area contributed by atoms with Gasteiger partial charge in [0.2, 0.25) is 0 Å². The Morgan fingerprint density at radius 2 is 2.08 bits per heavy atom. The monoisotopic (exact) mass is 178 g/mol. The first kappa shape index (κ1) is 7.63. The third-order valence-corrected chi connectivity index (χ3v) is 3.56. The fourth-order valence-electron chi connectivity index (χ4n) is 2.71. The van der Waals surface area contributed by atoms with Gasteiger partial charge in [0.1, 0.15) is 11.9 Å². The van der Waals surface area contributed by atoms with Crippen LogP contribution in [0.1, 0.15) is 31.1 Å². The van der Waals surface area contributed by atoms with Gasteiger partial charge in [0.05, 0.1) is 6.26 Å². The number of furan rings is 1. The Labute approximate surface area is 77.6 Å². The molecule has 1 heterocycles. The summed E-state index contributed by atoms with van der Waals surface area (Å²) in [5, 5.41) is 9.95. The summed E-state index contributed by atoms with van der Waals surface area (Å²) < 4.78 is 5.21. The zero-order chi connectivity index (χ0) is 8.84. The van der Waals surface area contributed by atoms with Gasteiger partial charge in [-0.1, -0.05) is 0 Å². The maximum Gasteiger partial charge on any atom is 0.132 e. The van der Waals surface area contributed by atoms with E-state index < -0.39 is 0 Å². The van der Waals surface area contributed by atoms with E-state index in [1.807, 2.05) is 12.1 Å².